The summed E-state index contributed by atoms with van der Waals surface area (Å²) in [6.07, 6.45) is 4.76. The lowest BCUT2D eigenvalue weighted by Gasteiger charge is -2.02. The lowest BCUT2D eigenvalue weighted by Crippen LogP contribution is -2.04. The number of hydrogen-bond donors (Lipinski definition) is 1. The summed E-state index contributed by atoms with van der Waals surface area (Å²) in [5.41, 5.74) is 6.70. The Morgan fingerprint density at radius 2 is 2.45 bits per heavy atom. The van der Waals surface area contributed by atoms with Gasteiger partial charge >= 0.3 is 0 Å². The Morgan fingerprint density at radius 3 is 3.09 bits per heavy atom. The van der Waals surface area contributed by atoms with Crippen molar-refractivity contribution in [3.8, 4) is 0 Å². The van der Waals surface area contributed by atoms with Crippen LogP contribution in [0.5, 0.6) is 0 Å². The van der Waals surface area contributed by atoms with Crippen molar-refractivity contribution in [2.45, 2.75) is 11.4 Å². The van der Waals surface area contributed by atoms with Gasteiger partial charge in [0.2, 0.25) is 0 Å². The van der Waals surface area contributed by atoms with Crippen LogP contribution in [0.15, 0.2) is 23.4 Å². The Bertz CT molecular complexity index is 225. The van der Waals surface area contributed by atoms with Gasteiger partial charge in [-0.1, -0.05) is 6.07 Å². The quantitative estimate of drug-likeness (QED) is 0.691. The maximum absolute atomic E-state index is 5.45. The van der Waals surface area contributed by atoms with Gasteiger partial charge in [0.1, 0.15) is 0 Å². The molecule has 3 heteroatoms. The largest absolute Gasteiger partial charge is 0.330 e. The lowest BCUT2D eigenvalue weighted by atomic mass is 10.2. The van der Waals surface area contributed by atoms with Gasteiger partial charge in [0.25, 0.3) is 0 Å². The molecule has 1 heterocycles. The third-order valence-corrected chi connectivity index (χ3v) is 2.21. The molecule has 0 aliphatic carbocycles. The van der Waals surface area contributed by atoms with Crippen LogP contribution >= 0.6 is 11.8 Å². The molecule has 0 saturated heterocycles. The molecule has 0 bridgehead atoms. The molecule has 0 unspecified atom stereocenters. The van der Waals surface area contributed by atoms with Crippen molar-refractivity contribution in [2.75, 3.05) is 12.8 Å². The second kappa shape index (κ2) is 4.36. The van der Waals surface area contributed by atoms with E-state index in [1.165, 1.54) is 5.56 Å². The summed E-state index contributed by atoms with van der Waals surface area (Å²) in [4.78, 5) is 4.22. The Kier molecular flexibility index (Phi) is 3.39. The number of rotatable bonds is 3. The van der Waals surface area contributed by atoms with Gasteiger partial charge in [-0.3, -0.25) is 0 Å². The van der Waals surface area contributed by atoms with Crippen LogP contribution in [-0.4, -0.2) is 17.8 Å². The van der Waals surface area contributed by atoms with Gasteiger partial charge in [-0.15, -0.1) is 11.8 Å². The van der Waals surface area contributed by atoms with Crippen molar-refractivity contribution in [3.05, 3.63) is 23.9 Å². The number of nitrogens with zero attached hydrogens (tertiary/aromatic N) is 1. The molecular weight excluding hydrogens is 156 g/mol. The molecule has 1 aromatic rings. The highest BCUT2D eigenvalue weighted by Gasteiger charge is 1.98. The lowest BCUT2D eigenvalue weighted by molar-refractivity contribution is 0.912. The molecule has 0 aliphatic heterocycles. The second-order valence-corrected chi connectivity index (χ2v) is 3.01. The molecule has 0 saturated carbocycles. The smallest absolute Gasteiger partial charge is 0.0989 e. The number of hydrogen-bond acceptors (Lipinski definition) is 3. The third-order valence-electron chi connectivity index (χ3n) is 1.46. The van der Waals surface area contributed by atoms with E-state index in [0.29, 0.717) is 6.54 Å². The van der Waals surface area contributed by atoms with E-state index in [1.807, 2.05) is 18.5 Å². The first kappa shape index (κ1) is 8.56. The summed E-state index contributed by atoms with van der Waals surface area (Å²) in [6, 6.07) is 4.02. The summed E-state index contributed by atoms with van der Waals surface area (Å²) in [5, 5.41) is 1.10. The summed E-state index contributed by atoms with van der Waals surface area (Å²) >= 11 is 1.67. The zero-order chi connectivity index (χ0) is 8.10. The summed E-state index contributed by atoms with van der Waals surface area (Å²) in [6.45, 7) is 0.694. The highest BCUT2D eigenvalue weighted by Crippen LogP contribution is 2.16. The molecule has 11 heavy (non-hydrogen) atoms. The molecule has 0 amide bonds. The van der Waals surface area contributed by atoms with Crippen molar-refractivity contribution in [1.29, 1.82) is 0 Å². The third kappa shape index (κ3) is 2.20. The Balaban J connectivity index is 2.83. The minimum Gasteiger partial charge on any atom is -0.330 e. The van der Waals surface area contributed by atoms with E-state index < -0.39 is 0 Å². The summed E-state index contributed by atoms with van der Waals surface area (Å²) in [5.74, 6) is 0. The molecular formula is C8H12N2S. The predicted octanol–water partition coefficient (Wildman–Crippen LogP) is 1.30. The molecule has 0 radical (unpaired) electrons. The van der Waals surface area contributed by atoms with Crippen molar-refractivity contribution >= 4 is 11.8 Å². The van der Waals surface area contributed by atoms with E-state index in [4.69, 9.17) is 5.73 Å². The van der Waals surface area contributed by atoms with E-state index in [2.05, 4.69) is 11.1 Å². The fraction of sp³-hybridized carbons (Fsp3) is 0.375. The van der Waals surface area contributed by atoms with E-state index in [-0.39, 0.29) is 0 Å². The van der Waals surface area contributed by atoms with E-state index >= 15 is 0 Å². The predicted molar refractivity (Wildman–Crippen MR) is 48.8 cm³/mol. The van der Waals surface area contributed by atoms with Gasteiger partial charge in [0.05, 0.1) is 5.03 Å². The Hall–Kier alpha value is -0.540. The van der Waals surface area contributed by atoms with Crippen molar-refractivity contribution in [1.82, 2.24) is 4.98 Å². The molecule has 1 aromatic heterocycles. The van der Waals surface area contributed by atoms with Crippen molar-refractivity contribution < 1.29 is 0 Å². The van der Waals surface area contributed by atoms with Gasteiger partial charge in [-0.05, 0) is 30.9 Å². The number of pyridine rings is 1. The van der Waals surface area contributed by atoms with Gasteiger partial charge in [0.15, 0.2) is 0 Å². The van der Waals surface area contributed by atoms with Crippen molar-refractivity contribution in [2.24, 2.45) is 5.73 Å². The van der Waals surface area contributed by atoms with Gasteiger partial charge < -0.3 is 5.73 Å². The minimum absolute atomic E-state index is 0.694. The molecule has 2 N–H and O–H groups in total. The van der Waals surface area contributed by atoms with Crippen LogP contribution < -0.4 is 5.73 Å². The molecule has 0 aliphatic rings. The van der Waals surface area contributed by atoms with E-state index in [1.54, 1.807) is 11.8 Å². The zero-order valence-corrected chi connectivity index (χ0v) is 7.40. The van der Waals surface area contributed by atoms with Crippen LogP contribution in [0.1, 0.15) is 5.56 Å². The first-order valence-corrected chi connectivity index (χ1v) is 4.79. The highest BCUT2D eigenvalue weighted by molar-refractivity contribution is 7.98. The van der Waals surface area contributed by atoms with Crippen LogP contribution in [0.3, 0.4) is 0 Å². The number of nitrogens with two attached hydrogens (primary N) is 1. The van der Waals surface area contributed by atoms with Gasteiger partial charge in [-0.25, -0.2) is 4.98 Å². The molecule has 0 atom stereocenters. The fourth-order valence-electron chi connectivity index (χ4n) is 0.954. The monoisotopic (exact) mass is 168 g/mol. The highest BCUT2D eigenvalue weighted by atomic mass is 32.2. The summed E-state index contributed by atoms with van der Waals surface area (Å²) < 4.78 is 0. The Labute approximate surface area is 71.2 Å². The van der Waals surface area contributed by atoms with Crippen molar-refractivity contribution in [3.63, 3.8) is 0 Å². The minimum atomic E-state index is 0.694. The maximum atomic E-state index is 5.45. The maximum Gasteiger partial charge on any atom is 0.0989 e. The molecule has 2 nitrogen and oxygen atoms in total. The van der Waals surface area contributed by atoms with Gasteiger partial charge in [-0.2, -0.15) is 0 Å². The van der Waals surface area contributed by atoms with Crippen LogP contribution in [0, 0.1) is 0 Å². The van der Waals surface area contributed by atoms with Crippen LogP contribution in [0.4, 0.5) is 0 Å². The molecule has 0 fully saturated rings. The number of aromatic nitrogens is 1. The zero-order valence-electron chi connectivity index (χ0n) is 6.58. The van der Waals surface area contributed by atoms with Crippen LogP contribution in [0.25, 0.3) is 0 Å². The Morgan fingerprint density at radius 1 is 1.64 bits per heavy atom. The molecule has 0 spiro atoms. The topological polar surface area (TPSA) is 38.9 Å². The van der Waals surface area contributed by atoms with E-state index in [9.17, 15) is 0 Å². The number of thioether (sulfide) groups is 1. The molecule has 0 aromatic carbocycles. The fourth-order valence-corrected chi connectivity index (χ4v) is 1.55. The first-order chi connectivity index (χ1) is 5.38. The molecule has 1 rings (SSSR count). The average molecular weight is 168 g/mol. The molecule has 60 valence electrons. The van der Waals surface area contributed by atoms with Crippen LogP contribution in [0.2, 0.25) is 0 Å². The standard InChI is InChI=1S/C8H12N2S/c1-11-8-7(4-5-9)3-2-6-10-8/h2-3,6H,4-5,9H2,1H3. The SMILES string of the molecule is CSc1ncccc1CCN. The van der Waals surface area contributed by atoms with E-state index in [0.717, 1.165) is 11.4 Å². The first-order valence-electron chi connectivity index (χ1n) is 3.56. The second-order valence-electron chi connectivity index (χ2n) is 2.21. The average Bonchev–Trinajstić information content (AvgIpc) is 2.06. The van der Waals surface area contributed by atoms with Crippen LogP contribution in [-0.2, 0) is 6.42 Å². The van der Waals surface area contributed by atoms with Gasteiger partial charge in [0, 0.05) is 6.20 Å². The summed E-state index contributed by atoms with van der Waals surface area (Å²) in [7, 11) is 0. The normalized spacial score (nSPS) is 10.0.